The first-order chi connectivity index (χ1) is 10.1. The second kappa shape index (κ2) is 5.85. The third kappa shape index (κ3) is 2.74. The standard InChI is InChI=1S/C17H15BrF2O/c18-14-7-8-15(19)13(17(14)20)9-16(21)12-6-5-10-3-1-2-4-11(10)12/h1-4,7-8,12,16,21H,5-6,9H2. The highest BCUT2D eigenvalue weighted by Gasteiger charge is 2.29. The molecule has 2 atom stereocenters. The molecule has 0 saturated heterocycles. The van der Waals surface area contributed by atoms with Gasteiger partial charge in [0.2, 0.25) is 0 Å². The second-order valence-electron chi connectivity index (χ2n) is 5.44. The molecule has 1 aliphatic rings. The topological polar surface area (TPSA) is 20.2 Å². The lowest BCUT2D eigenvalue weighted by Crippen LogP contribution is -2.20. The Hall–Kier alpha value is -1.26. The van der Waals surface area contributed by atoms with Crippen molar-refractivity contribution in [3.8, 4) is 0 Å². The average Bonchev–Trinajstić information content (AvgIpc) is 2.91. The summed E-state index contributed by atoms with van der Waals surface area (Å²) in [6, 6.07) is 10.5. The lowest BCUT2D eigenvalue weighted by molar-refractivity contribution is 0.140. The highest BCUT2D eigenvalue weighted by atomic mass is 79.9. The van der Waals surface area contributed by atoms with E-state index in [1.54, 1.807) is 0 Å². The van der Waals surface area contributed by atoms with Gasteiger partial charge in [-0.15, -0.1) is 0 Å². The van der Waals surface area contributed by atoms with E-state index in [2.05, 4.69) is 15.9 Å². The van der Waals surface area contributed by atoms with E-state index in [0.717, 1.165) is 18.4 Å². The summed E-state index contributed by atoms with van der Waals surface area (Å²) < 4.78 is 28.0. The number of aliphatic hydroxyl groups is 1. The Balaban J connectivity index is 1.85. The van der Waals surface area contributed by atoms with Crippen LogP contribution < -0.4 is 0 Å². The van der Waals surface area contributed by atoms with Crippen molar-refractivity contribution in [2.75, 3.05) is 0 Å². The molecule has 0 spiro atoms. The Morgan fingerprint density at radius 1 is 1.19 bits per heavy atom. The average molecular weight is 353 g/mol. The smallest absolute Gasteiger partial charge is 0.143 e. The Labute approximate surface area is 130 Å². The van der Waals surface area contributed by atoms with Crippen LogP contribution in [-0.2, 0) is 12.8 Å². The van der Waals surface area contributed by atoms with Gasteiger partial charge >= 0.3 is 0 Å². The van der Waals surface area contributed by atoms with Crippen LogP contribution in [0.1, 0.15) is 29.0 Å². The monoisotopic (exact) mass is 352 g/mol. The number of aliphatic hydroxyl groups excluding tert-OH is 1. The molecule has 21 heavy (non-hydrogen) atoms. The van der Waals surface area contributed by atoms with Crippen molar-refractivity contribution in [1.29, 1.82) is 0 Å². The predicted octanol–water partition coefficient (Wildman–Crippen LogP) is 4.36. The predicted molar refractivity (Wildman–Crippen MR) is 81.3 cm³/mol. The molecule has 2 unspecified atom stereocenters. The van der Waals surface area contributed by atoms with Crippen molar-refractivity contribution in [2.45, 2.75) is 31.3 Å². The third-order valence-electron chi connectivity index (χ3n) is 4.20. The SMILES string of the molecule is OC(Cc1c(F)ccc(Br)c1F)C1CCc2ccccc21. The van der Waals surface area contributed by atoms with E-state index in [1.807, 2.05) is 24.3 Å². The van der Waals surface area contributed by atoms with E-state index in [-0.39, 0.29) is 22.4 Å². The van der Waals surface area contributed by atoms with Crippen molar-refractivity contribution in [3.63, 3.8) is 0 Å². The van der Waals surface area contributed by atoms with Crippen LogP contribution in [0.2, 0.25) is 0 Å². The van der Waals surface area contributed by atoms with Crippen LogP contribution in [0.5, 0.6) is 0 Å². The van der Waals surface area contributed by atoms with Gasteiger partial charge in [-0.3, -0.25) is 0 Å². The van der Waals surface area contributed by atoms with Gasteiger partial charge in [0.05, 0.1) is 10.6 Å². The molecule has 2 aromatic rings. The lowest BCUT2D eigenvalue weighted by atomic mass is 9.91. The van der Waals surface area contributed by atoms with Gasteiger partial charge in [-0.1, -0.05) is 24.3 Å². The minimum Gasteiger partial charge on any atom is -0.392 e. The van der Waals surface area contributed by atoms with Gasteiger partial charge in [0.25, 0.3) is 0 Å². The summed E-state index contributed by atoms with van der Waals surface area (Å²) in [5.41, 5.74) is 2.26. The van der Waals surface area contributed by atoms with Crippen LogP contribution in [0, 0.1) is 11.6 Å². The maximum atomic E-state index is 14.0. The molecule has 2 aromatic carbocycles. The molecule has 110 valence electrons. The van der Waals surface area contributed by atoms with Crippen molar-refractivity contribution in [2.24, 2.45) is 0 Å². The molecule has 0 amide bonds. The zero-order chi connectivity index (χ0) is 15.0. The highest BCUT2D eigenvalue weighted by molar-refractivity contribution is 9.10. The third-order valence-corrected chi connectivity index (χ3v) is 4.81. The van der Waals surface area contributed by atoms with Gasteiger partial charge in [-0.05, 0) is 52.0 Å². The largest absolute Gasteiger partial charge is 0.392 e. The van der Waals surface area contributed by atoms with Crippen LogP contribution in [0.25, 0.3) is 0 Å². The van der Waals surface area contributed by atoms with Crippen molar-refractivity contribution in [3.05, 3.63) is 69.2 Å². The number of halogens is 3. The molecule has 1 aliphatic carbocycles. The number of aryl methyl sites for hydroxylation is 1. The quantitative estimate of drug-likeness (QED) is 0.813. The molecular formula is C17H15BrF2O. The van der Waals surface area contributed by atoms with Crippen LogP contribution in [0.15, 0.2) is 40.9 Å². The first-order valence-corrected chi connectivity index (χ1v) is 7.75. The van der Waals surface area contributed by atoms with Crippen LogP contribution >= 0.6 is 15.9 Å². The second-order valence-corrected chi connectivity index (χ2v) is 6.29. The number of hydrogen-bond acceptors (Lipinski definition) is 1. The fourth-order valence-electron chi connectivity index (χ4n) is 3.10. The fourth-order valence-corrected chi connectivity index (χ4v) is 3.47. The fraction of sp³-hybridized carbons (Fsp3) is 0.294. The highest BCUT2D eigenvalue weighted by Crippen LogP contribution is 2.37. The lowest BCUT2D eigenvalue weighted by Gasteiger charge is -2.20. The maximum Gasteiger partial charge on any atom is 0.143 e. The Kier molecular flexibility index (Phi) is 4.09. The van der Waals surface area contributed by atoms with E-state index in [0.29, 0.717) is 0 Å². The summed E-state index contributed by atoms with van der Waals surface area (Å²) in [7, 11) is 0. The van der Waals surface area contributed by atoms with Gasteiger partial charge < -0.3 is 5.11 Å². The van der Waals surface area contributed by atoms with Gasteiger partial charge in [0, 0.05) is 17.9 Å². The molecule has 1 nitrogen and oxygen atoms in total. The van der Waals surface area contributed by atoms with Gasteiger partial charge in [0.1, 0.15) is 11.6 Å². The molecule has 0 aliphatic heterocycles. The Bertz CT molecular complexity index is 672. The minimum atomic E-state index is -0.785. The molecular weight excluding hydrogens is 338 g/mol. The molecule has 3 rings (SSSR count). The molecule has 0 bridgehead atoms. The summed E-state index contributed by atoms with van der Waals surface area (Å²) in [4.78, 5) is 0. The van der Waals surface area contributed by atoms with E-state index < -0.39 is 17.7 Å². The molecule has 4 heteroatoms. The number of hydrogen-bond donors (Lipinski definition) is 1. The van der Waals surface area contributed by atoms with Crippen LogP contribution in [0.3, 0.4) is 0 Å². The Morgan fingerprint density at radius 2 is 1.95 bits per heavy atom. The summed E-state index contributed by atoms with van der Waals surface area (Å²) in [5.74, 6) is -1.29. The van der Waals surface area contributed by atoms with Gasteiger partial charge in [-0.25, -0.2) is 8.78 Å². The molecule has 0 aromatic heterocycles. The summed E-state index contributed by atoms with van der Waals surface area (Å²) in [6.07, 6.45) is 0.918. The number of fused-ring (bicyclic) bond motifs is 1. The van der Waals surface area contributed by atoms with Crippen molar-refractivity contribution in [1.82, 2.24) is 0 Å². The maximum absolute atomic E-state index is 14.0. The Morgan fingerprint density at radius 3 is 2.76 bits per heavy atom. The van der Waals surface area contributed by atoms with E-state index >= 15 is 0 Å². The first kappa shape index (κ1) is 14.7. The molecule has 0 saturated carbocycles. The van der Waals surface area contributed by atoms with Crippen LogP contribution in [0.4, 0.5) is 8.78 Å². The molecule has 1 N–H and O–H groups in total. The van der Waals surface area contributed by atoms with E-state index in [4.69, 9.17) is 0 Å². The molecule has 0 fully saturated rings. The number of benzene rings is 2. The minimum absolute atomic E-state index is 0.0178. The summed E-state index contributed by atoms with van der Waals surface area (Å²) >= 11 is 3.06. The van der Waals surface area contributed by atoms with Gasteiger partial charge in [0.15, 0.2) is 0 Å². The molecule has 0 radical (unpaired) electrons. The van der Waals surface area contributed by atoms with E-state index in [1.165, 1.54) is 17.7 Å². The zero-order valence-electron chi connectivity index (χ0n) is 11.3. The molecule has 0 heterocycles. The first-order valence-electron chi connectivity index (χ1n) is 6.96. The normalized spacial score (nSPS) is 18.6. The van der Waals surface area contributed by atoms with Crippen molar-refractivity contribution >= 4 is 15.9 Å². The number of rotatable bonds is 3. The van der Waals surface area contributed by atoms with E-state index in [9.17, 15) is 13.9 Å². The summed E-state index contributed by atoms with van der Waals surface area (Å²) in [5, 5.41) is 10.4. The van der Waals surface area contributed by atoms with Gasteiger partial charge in [-0.2, -0.15) is 0 Å². The van der Waals surface area contributed by atoms with Crippen molar-refractivity contribution < 1.29 is 13.9 Å². The summed E-state index contributed by atoms with van der Waals surface area (Å²) in [6.45, 7) is 0. The van der Waals surface area contributed by atoms with Crippen LogP contribution in [-0.4, -0.2) is 11.2 Å². The zero-order valence-corrected chi connectivity index (χ0v) is 12.9.